The first-order chi connectivity index (χ1) is 8.83. The van der Waals surface area contributed by atoms with Gasteiger partial charge in [-0.25, -0.2) is 4.98 Å². The number of nitrogens with zero attached hydrogens (tertiary/aromatic N) is 2. The molecule has 18 heavy (non-hydrogen) atoms. The Kier molecular flexibility index (Phi) is 4.17. The van der Waals surface area contributed by atoms with Crippen LogP contribution in [0.2, 0.25) is 0 Å². The number of anilines is 1. The molecule has 0 spiro atoms. The van der Waals surface area contributed by atoms with Crippen LogP contribution in [0.15, 0.2) is 30.6 Å². The van der Waals surface area contributed by atoms with Gasteiger partial charge in [-0.1, -0.05) is 13.0 Å². The Morgan fingerprint density at radius 1 is 1.39 bits per heavy atom. The van der Waals surface area contributed by atoms with E-state index in [1.807, 2.05) is 31.3 Å². The van der Waals surface area contributed by atoms with Crippen LogP contribution in [0.25, 0.3) is 0 Å². The average molecular weight is 246 g/mol. The first kappa shape index (κ1) is 12.4. The van der Waals surface area contributed by atoms with Gasteiger partial charge in [0.25, 0.3) is 0 Å². The summed E-state index contributed by atoms with van der Waals surface area (Å²) < 4.78 is 5.38. The van der Waals surface area contributed by atoms with Crippen molar-refractivity contribution in [3.63, 3.8) is 0 Å². The highest BCUT2D eigenvalue weighted by Gasteiger charge is 2.12. The lowest BCUT2D eigenvalue weighted by atomic mass is 10.2. The normalized spacial score (nSPS) is 12.1. The quantitative estimate of drug-likeness (QED) is 0.822. The van der Waals surface area contributed by atoms with E-state index in [9.17, 15) is 0 Å². The molecule has 2 N–H and O–H groups in total. The minimum atomic E-state index is 0.129. The van der Waals surface area contributed by atoms with Crippen LogP contribution < -0.4 is 10.1 Å². The van der Waals surface area contributed by atoms with Crippen LogP contribution in [0.1, 0.15) is 32.1 Å². The second-order valence-corrected chi connectivity index (χ2v) is 3.87. The lowest BCUT2D eigenvalue weighted by Gasteiger charge is -2.15. The Labute approximate surface area is 107 Å². The van der Waals surface area contributed by atoms with Crippen LogP contribution in [0.4, 0.5) is 5.82 Å². The number of aromatic nitrogens is 3. The van der Waals surface area contributed by atoms with Crippen LogP contribution in [-0.4, -0.2) is 21.6 Å². The molecule has 2 heterocycles. The maximum absolute atomic E-state index is 5.38. The van der Waals surface area contributed by atoms with E-state index in [1.165, 1.54) is 0 Å². The summed E-state index contributed by atoms with van der Waals surface area (Å²) in [6.07, 6.45) is 4.50. The number of pyridine rings is 1. The number of aromatic amines is 1. The Morgan fingerprint density at radius 3 is 2.94 bits per heavy atom. The first-order valence-electron chi connectivity index (χ1n) is 6.19. The van der Waals surface area contributed by atoms with Gasteiger partial charge >= 0.3 is 0 Å². The highest BCUT2D eigenvalue weighted by molar-refractivity contribution is 5.38. The van der Waals surface area contributed by atoms with Gasteiger partial charge < -0.3 is 15.0 Å². The van der Waals surface area contributed by atoms with E-state index in [0.717, 1.165) is 18.1 Å². The van der Waals surface area contributed by atoms with E-state index in [4.69, 9.17) is 4.74 Å². The molecule has 0 bridgehead atoms. The van der Waals surface area contributed by atoms with E-state index < -0.39 is 0 Å². The van der Waals surface area contributed by atoms with Crippen molar-refractivity contribution in [2.45, 2.75) is 26.3 Å². The summed E-state index contributed by atoms with van der Waals surface area (Å²) in [7, 11) is 0. The third-order valence-electron chi connectivity index (χ3n) is 2.60. The molecule has 0 saturated carbocycles. The van der Waals surface area contributed by atoms with E-state index in [-0.39, 0.29) is 6.04 Å². The highest BCUT2D eigenvalue weighted by Crippen LogP contribution is 2.19. The summed E-state index contributed by atoms with van der Waals surface area (Å²) in [5, 5.41) is 3.35. The molecule has 96 valence electrons. The smallest absolute Gasteiger partial charge is 0.215 e. The molecule has 0 amide bonds. The zero-order valence-electron chi connectivity index (χ0n) is 10.7. The largest absolute Gasteiger partial charge is 0.478 e. The summed E-state index contributed by atoms with van der Waals surface area (Å²) in [6, 6.07) is 5.83. The lowest BCUT2D eigenvalue weighted by Crippen LogP contribution is -2.12. The Hall–Kier alpha value is -2.04. The summed E-state index contributed by atoms with van der Waals surface area (Å²) >= 11 is 0. The van der Waals surface area contributed by atoms with Gasteiger partial charge in [-0.2, -0.15) is 4.98 Å². The van der Waals surface area contributed by atoms with Crippen molar-refractivity contribution in [2.24, 2.45) is 0 Å². The number of H-pyrrole nitrogens is 1. The maximum atomic E-state index is 5.38. The monoisotopic (exact) mass is 246 g/mol. The molecule has 0 aliphatic heterocycles. The van der Waals surface area contributed by atoms with Gasteiger partial charge in [0.2, 0.25) is 5.88 Å². The van der Waals surface area contributed by atoms with Crippen LogP contribution in [0, 0.1) is 0 Å². The fraction of sp³-hybridized carbons (Fsp3) is 0.385. The zero-order valence-corrected chi connectivity index (χ0v) is 10.7. The fourth-order valence-electron chi connectivity index (χ4n) is 1.73. The molecular weight excluding hydrogens is 228 g/mol. The molecule has 0 aliphatic rings. The number of hydrogen-bond acceptors (Lipinski definition) is 4. The van der Waals surface area contributed by atoms with Gasteiger partial charge in [-0.3, -0.25) is 0 Å². The summed E-state index contributed by atoms with van der Waals surface area (Å²) in [4.78, 5) is 11.8. The number of imidazole rings is 1. The molecule has 1 unspecified atom stereocenters. The maximum Gasteiger partial charge on any atom is 0.215 e. The van der Waals surface area contributed by atoms with E-state index >= 15 is 0 Å². The Morgan fingerprint density at radius 2 is 2.28 bits per heavy atom. The van der Waals surface area contributed by atoms with Crippen LogP contribution in [0.5, 0.6) is 5.88 Å². The third-order valence-corrected chi connectivity index (χ3v) is 2.60. The van der Waals surface area contributed by atoms with Gasteiger partial charge in [0.15, 0.2) is 0 Å². The zero-order chi connectivity index (χ0) is 12.8. The van der Waals surface area contributed by atoms with Crippen molar-refractivity contribution in [3.05, 3.63) is 36.4 Å². The van der Waals surface area contributed by atoms with Crippen LogP contribution in [0.3, 0.4) is 0 Å². The minimum absolute atomic E-state index is 0.129. The van der Waals surface area contributed by atoms with Crippen molar-refractivity contribution >= 4 is 5.82 Å². The van der Waals surface area contributed by atoms with Crippen molar-refractivity contribution in [2.75, 3.05) is 11.9 Å². The Bertz CT molecular complexity index is 470. The second-order valence-electron chi connectivity index (χ2n) is 3.87. The van der Waals surface area contributed by atoms with E-state index in [0.29, 0.717) is 12.5 Å². The standard InChI is InChI=1S/C13H18N4O/c1-3-10(13-14-8-9-15-13)16-11-6-5-7-12(17-11)18-4-2/h5-10H,3-4H2,1-2H3,(H,14,15)(H,16,17). The summed E-state index contributed by atoms with van der Waals surface area (Å²) in [5.74, 6) is 2.35. The molecule has 0 saturated heterocycles. The van der Waals surface area contributed by atoms with Crippen molar-refractivity contribution in [1.82, 2.24) is 15.0 Å². The SMILES string of the molecule is CCOc1cccc(NC(CC)c2ncc[nH]2)n1. The Balaban J connectivity index is 2.09. The van der Waals surface area contributed by atoms with Gasteiger partial charge in [-0.05, 0) is 19.4 Å². The molecule has 0 radical (unpaired) electrons. The molecule has 5 nitrogen and oxygen atoms in total. The fourth-order valence-corrected chi connectivity index (χ4v) is 1.73. The second kappa shape index (κ2) is 6.05. The average Bonchev–Trinajstić information content (AvgIpc) is 2.90. The van der Waals surface area contributed by atoms with Crippen molar-refractivity contribution < 1.29 is 4.74 Å². The number of ether oxygens (including phenoxy) is 1. The first-order valence-corrected chi connectivity index (χ1v) is 6.19. The highest BCUT2D eigenvalue weighted by atomic mass is 16.5. The van der Waals surface area contributed by atoms with Crippen molar-refractivity contribution in [1.29, 1.82) is 0 Å². The van der Waals surface area contributed by atoms with E-state index in [2.05, 4.69) is 27.2 Å². The van der Waals surface area contributed by atoms with Gasteiger partial charge in [0.1, 0.15) is 11.6 Å². The third kappa shape index (κ3) is 3.00. The molecule has 0 aliphatic carbocycles. The molecule has 0 aromatic carbocycles. The molecule has 2 aromatic rings. The number of hydrogen-bond donors (Lipinski definition) is 2. The molecule has 2 rings (SSSR count). The van der Waals surface area contributed by atoms with E-state index in [1.54, 1.807) is 6.20 Å². The summed E-state index contributed by atoms with van der Waals surface area (Å²) in [5.41, 5.74) is 0. The predicted molar refractivity (Wildman–Crippen MR) is 70.6 cm³/mol. The van der Waals surface area contributed by atoms with Crippen molar-refractivity contribution in [3.8, 4) is 5.88 Å². The van der Waals surface area contributed by atoms with Gasteiger partial charge in [0, 0.05) is 18.5 Å². The molecule has 2 aromatic heterocycles. The van der Waals surface area contributed by atoms with Gasteiger partial charge in [0.05, 0.1) is 12.6 Å². The van der Waals surface area contributed by atoms with Crippen LogP contribution in [-0.2, 0) is 0 Å². The molecule has 1 atom stereocenters. The number of rotatable bonds is 6. The predicted octanol–water partition coefficient (Wildman–Crippen LogP) is 2.77. The molecular formula is C13H18N4O. The summed E-state index contributed by atoms with van der Waals surface area (Å²) in [6.45, 7) is 4.66. The van der Waals surface area contributed by atoms with Crippen LogP contribution >= 0.6 is 0 Å². The minimum Gasteiger partial charge on any atom is -0.478 e. The molecule has 5 heteroatoms. The van der Waals surface area contributed by atoms with Gasteiger partial charge in [-0.15, -0.1) is 0 Å². The number of nitrogens with one attached hydrogen (secondary N) is 2. The molecule has 0 fully saturated rings. The lowest BCUT2D eigenvalue weighted by molar-refractivity contribution is 0.327. The topological polar surface area (TPSA) is 62.8 Å².